The van der Waals surface area contributed by atoms with E-state index in [9.17, 15) is 0 Å². The SMILES string of the molecule is COCC(C)N1CC(c2ccccc2)NCC12CCCC2. The second kappa shape index (κ2) is 6.47. The molecule has 1 aliphatic carbocycles. The van der Waals surface area contributed by atoms with E-state index in [1.807, 2.05) is 7.11 Å². The van der Waals surface area contributed by atoms with Crippen molar-refractivity contribution >= 4 is 0 Å². The fourth-order valence-corrected chi connectivity index (χ4v) is 4.25. The van der Waals surface area contributed by atoms with Gasteiger partial charge in [0.05, 0.1) is 6.61 Å². The molecule has 2 unspecified atom stereocenters. The van der Waals surface area contributed by atoms with Crippen LogP contribution in [-0.4, -0.2) is 43.3 Å². The Morgan fingerprint density at radius 2 is 2.00 bits per heavy atom. The molecule has 3 nitrogen and oxygen atoms in total. The molecule has 3 heteroatoms. The summed E-state index contributed by atoms with van der Waals surface area (Å²) >= 11 is 0. The minimum absolute atomic E-state index is 0.364. The summed E-state index contributed by atoms with van der Waals surface area (Å²) in [5.41, 5.74) is 1.77. The largest absolute Gasteiger partial charge is 0.383 e. The van der Waals surface area contributed by atoms with E-state index < -0.39 is 0 Å². The first-order valence-electron chi connectivity index (χ1n) is 8.29. The van der Waals surface area contributed by atoms with Gasteiger partial charge in [-0.15, -0.1) is 0 Å². The van der Waals surface area contributed by atoms with E-state index in [0.717, 1.165) is 19.7 Å². The third-order valence-corrected chi connectivity index (χ3v) is 5.34. The van der Waals surface area contributed by atoms with Crippen LogP contribution in [0.3, 0.4) is 0 Å². The lowest BCUT2D eigenvalue weighted by molar-refractivity contribution is -0.0163. The maximum Gasteiger partial charge on any atom is 0.0615 e. The van der Waals surface area contributed by atoms with Crippen molar-refractivity contribution in [1.82, 2.24) is 10.2 Å². The number of benzene rings is 1. The van der Waals surface area contributed by atoms with Crippen molar-refractivity contribution in [2.24, 2.45) is 0 Å². The summed E-state index contributed by atoms with van der Waals surface area (Å²) < 4.78 is 5.44. The highest BCUT2D eigenvalue weighted by Crippen LogP contribution is 2.40. The van der Waals surface area contributed by atoms with Gasteiger partial charge in [0, 0.05) is 37.8 Å². The standard InChI is InChI=1S/C18H28N2O/c1-15(13-21-2)20-12-17(16-8-4-3-5-9-16)19-14-18(20)10-6-7-11-18/h3-5,8-9,15,17,19H,6-7,10-14H2,1-2H3. The van der Waals surface area contributed by atoms with Crippen molar-refractivity contribution in [1.29, 1.82) is 0 Å². The Labute approximate surface area is 128 Å². The average molecular weight is 288 g/mol. The summed E-state index contributed by atoms with van der Waals surface area (Å²) in [6.45, 7) is 5.34. The molecule has 1 saturated carbocycles. The predicted molar refractivity (Wildman–Crippen MR) is 86.4 cm³/mol. The first-order chi connectivity index (χ1) is 10.2. The zero-order chi connectivity index (χ0) is 14.7. The van der Waals surface area contributed by atoms with Gasteiger partial charge in [-0.2, -0.15) is 0 Å². The molecule has 1 aromatic rings. The molecule has 21 heavy (non-hydrogen) atoms. The fraction of sp³-hybridized carbons (Fsp3) is 0.667. The third kappa shape index (κ3) is 3.01. The third-order valence-electron chi connectivity index (χ3n) is 5.34. The van der Waals surface area contributed by atoms with Crippen LogP contribution in [0.15, 0.2) is 30.3 Å². The fourth-order valence-electron chi connectivity index (χ4n) is 4.25. The number of ether oxygens (including phenoxy) is 1. The van der Waals surface area contributed by atoms with Gasteiger partial charge >= 0.3 is 0 Å². The Morgan fingerprint density at radius 3 is 2.67 bits per heavy atom. The molecule has 0 amide bonds. The van der Waals surface area contributed by atoms with Crippen LogP contribution < -0.4 is 5.32 Å². The Hall–Kier alpha value is -0.900. The van der Waals surface area contributed by atoms with Crippen molar-refractivity contribution in [3.63, 3.8) is 0 Å². The minimum atomic E-state index is 0.364. The number of methoxy groups -OCH3 is 1. The van der Waals surface area contributed by atoms with Gasteiger partial charge in [-0.05, 0) is 25.3 Å². The normalized spacial score (nSPS) is 27.0. The Balaban J connectivity index is 1.79. The minimum Gasteiger partial charge on any atom is -0.383 e. The first-order valence-corrected chi connectivity index (χ1v) is 8.29. The summed E-state index contributed by atoms with van der Waals surface area (Å²) in [6, 6.07) is 11.8. The number of rotatable bonds is 4. The van der Waals surface area contributed by atoms with Crippen LogP contribution in [0, 0.1) is 0 Å². The lowest BCUT2D eigenvalue weighted by Crippen LogP contribution is -2.63. The maximum absolute atomic E-state index is 5.44. The van der Waals surface area contributed by atoms with E-state index in [1.54, 1.807) is 0 Å². The van der Waals surface area contributed by atoms with E-state index in [0.29, 0.717) is 17.6 Å². The second-order valence-corrected chi connectivity index (χ2v) is 6.73. The highest BCUT2D eigenvalue weighted by molar-refractivity contribution is 5.21. The number of nitrogens with one attached hydrogen (secondary N) is 1. The van der Waals surface area contributed by atoms with Gasteiger partial charge in [0.15, 0.2) is 0 Å². The molecule has 3 rings (SSSR count). The maximum atomic E-state index is 5.44. The molecule has 1 N–H and O–H groups in total. The summed E-state index contributed by atoms with van der Waals surface area (Å²) in [5, 5.41) is 3.81. The number of hydrogen-bond donors (Lipinski definition) is 1. The van der Waals surface area contributed by atoms with Crippen molar-refractivity contribution < 1.29 is 4.74 Å². The van der Waals surface area contributed by atoms with Crippen LogP contribution in [0.5, 0.6) is 0 Å². The van der Waals surface area contributed by atoms with Crippen LogP contribution >= 0.6 is 0 Å². The predicted octanol–water partition coefficient (Wildman–Crippen LogP) is 2.98. The second-order valence-electron chi connectivity index (χ2n) is 6.73. The molecular formula is C18H28N2O. The van der Waals surface area contributed by atoms with E-state index in [2.05, 4.69) is 47.5 Å². The first kappa shape index (κ1) is 15.0. The molecule has 2 fully saturated rings. The van der Waals surface area contributed by atoms with Crippen LogP contribution in [0.25, 0.3) is 0 Å². The van der Waals surface area contributed by atoms with Crippen LogP contribution in [0.1, 0.15) is 44.2 Å². The van der Waals surface area contributed by atoms with Gasteiger partial charge in [0.2, 0.25) is 0 Å². The van der Waals surface area contributed by atoms with E-state index in [4.69, 9.17) is 4.74 Å². The summed E-state index contributed by atoms with van der Waals surface area (Å²) in [4.78, 5) is 2.73. The van der Waals surface area contributed by atoms with Gasteiger partial charge in [0.25, 0.3) is 0 Å². The number of nitrogens with zero attached hydrogens (tertiary/aromatic N) is 1. The lowest BCUT2D eigenvalue weighted by atomic mass is 9.88. The van der Waals surface area contributed by atoms with Crippen LogP contribution in [0.4, 0.5) is 0 Å². The van der Waals surface area contributed by atoms with Gasteiger partial charge < -0.3 is 10.1 Å². The van der Waals surface area contributed by atoms with Crippen molar-refractivity contribution in [2.45, 2.75) is 50.2 Å². The monoisotopic (exact) mass is 288 g/mol. The van der Waals surface area contributed by atoms with E-state index >= 15 is 0 Å². The molecule has 1 heterocycles. The molecule has 116 valence electrons. The van der Waals surface area contributed by atoms with Gasteiger partial charge in [0.1, 0.15) is 0 Å². The summed E-state index contributed by atoms with van der Waals surface area (Å²) in [6.07, 6.45) is 5.40. The molecule has 1 aromatic carbocycles. The Morgan fingerprint density at radius 1 is 1.29 bits per heavy atom. The van der Waals surface area contributed by atoms with Gasteiger partial charge in [-0.3, -0.25) is 4.90 Å². The molecule has 0 radical (unpaired) electrons. The highest BCUT2D eigenvalue weighted by atomic mass is 16.5. The molecule has 2 atom stereocenters. The zero-order valence-electron chi connectivity index (χ0n) is 13.3. The van der Waals surface area contributed by atoms with Gasteiger partial charge in [-0.25, -0.2) is 0 Å². The van der Waals surface area contributed by atoms with Crippen molar-refractivity contribution in [3.8, 4) is 0 Å². The average Bonchev–Trinajstić information content (AvgIpc) is 2.98. The Kier molecular flexibility index (Phi) is 4.63. The molecule has 0 bridgehead atoms. The van der Waals surface area contributed by atoms with Crippen molar-refractivity contribution in [3.05, 3.63) is 35.9 Å². The van der Waals surface area contributed by atoms with E-state index in [1.165, 1.54) is 31.2 Å². The molecule has 1 aliphatic heterocycles. The molecule has 2 aliphatic rings. The smallest absolute Gasteiger partial charge is 0.0615 e. The zero-order valence-corrected chi connectivity index (χ0v) is 13.3. The van der Waals surface area contributed by atoms with E-state index in [-0.39, 0.29) is 0 Å². The molecule has 0 aromatic heterocycles. The quantitative estimate of drug-likeness (QED) is 0.922. The Bertz CT molecular complexity index is 442. The van der Waals surface area contributed by atoms with Crippen molar-refractivity contribution in [2.75, 3.05) is 26.8 Å². The summed E-state index contributed by atoms with van der Waals surface area (Å²) in [5.74, 6) is 0. The van der Waals surface area contributed by atoms with Crippen LogP contribution in [-0.2, 0) is 4.74 Å². The highest BCUT2D eigenvalue weighted by Gasteiger charge is 2.45. The molecule has 1 saturated heterocycles. The van der Waals surface area contributed by atoms with Crippen LogP contribution in [0.2, 0.25) is 0 Å². The van der Waals surface area contributed by atoms with Gasteiger partial charge in [-0.1, -0.05) is 43.2 Å². The lowest BCUT2D eigenvalue weighted by Gasteiger charge is -2.51. The molecule has 1 spiro atoms. The topological polar surface area (TPSA) is 24.5 Å². The number of piperazine rings is 1. The molecular weight excluding hydrogens is 260 g/mol. The number of hydrogen-bond acceptors (Lipinski definition) is 3. The summed E-state index contributed by atoms with van der Waals surface area (Å²) in [7, 11) is 1.81.